The molecule has 0 atom stereocenters. The van der Waals surface area contributed by atoms with Crippen LogP contribution in [0.15, 0.2) is 40.9 Å². The van der Waals surface area contributed by atoms with Crippen molar-refractivity contribution in [1.29, 1.82) is 0 Å². The van der Waals surface area contributed by atoms with Crippen molar-refractivity contribution >= 4 is 50.1 Å². The molecule has 0 bridgehead atoms. The van der Waals surface area contributed by atoms with Gasteiger partial charge in [0.15, 0.2) is 0 Å². The summed E-state index contributed by atoms with van der Waals surface area (Å²) in [6.07, 6.45) is 0. The smallest absolute Gasteiger partial charge is 0.255 e. The third kappa shape index (κ3) is 3.50. The van der Waals surface area contributed by atoms with Gasteiger partial charge >= 0.3 is 0 Å². The summed E-state index contributed by atoms with van der Waals surface area (Å²) in [5.41, 5.74) is 0.331. The van der Waals surface area contributed by atoms with Gasteiger partial charge in [-0.3, -0.25) is 4.79 Å². The third-order valence-corrected chi connectivity index (χ3v) is 3.69. The summed E-state index contributed by atoms with van der Waals surface area (Å²) >= 11 is 5.06. The molecule has 0 aliphatic carbocycles. The highest BCUT2D eigenvalue weighted by Crippen LogP contribution is 2.24. The molecule has 2 aromatic rings. The molecular weight excluding hydrogens is 431 g/mol. The molecule has 0 spiro atoms. The Morgan fingerprint density at radius 3 is 2.37 bits per heavy atom. The van der Waals surface area contributed by atoms with Crippen LogP contribution in [0.25, 0.3) is 0 Å². The van der Waals surface area contributed by atoms with E-state index in [0.717, 1.165) is 3.57 Å². The SMILES string of the molecule is O=C(Nc1cc(Br)c(F)cc1F)c1ccc(I)cc1. The molecule has 0 heterocycles. The highest BCUT2D eigenvalue weighted by Gasteiger charge is 2.12. The zero-order valence-electron chi connectivity index (χ0n) is 9.38. The maximum absolute atomic E-state index is 13.5. The summed E-state index contributed by atoms with van der Waals surface area (Å²) in [6.45, 7) is 0. The second-order valence-corrected chi connectivity index (χ2v) is 5.81. The summed E-state index contributed by atoms with van der Waals surface area (Å²) in [5, 5.41) is 2.40. The third-order valence-electron chi connectivity index (χ3n) is 2.36. The average Bonchev–Trinajstić information content (AvgIpc) is 2.36. The van der Waals surface area contributed by atoms with Crippen LogP contribution in [0.1, 0.15) is 10.4 Å². The number of rotatable bonds is 2. The van der Waals surface area contributed by atoms with Crippen molar-refractivity contribution in [3.05, 3.63) is 61.6 Å². The van der Waals surface area contributed by atoms with Gasteiger partial charge in [-0.2, -0.15) is 0 Å². The zero-order chi connectivity index (χ0) is 14.0. The van der Waals surface area contributed by atoms with Crippen LogP contribution in [-0.4, -0.2) is 5.91 Å². The van der Waals surface area contributed by atoms with Crippen LogP contribution in [0.5, 0.6) is 0 Å². The monoisotopic (exact) mass is 437 g/mol. The predicted molar refractivity (Wildman–Crippen MR) is 81.2 cm³/mol. The average molecular weight is 438 g/mol. The van der Waals surface area contributed by atoms with E-state index < -0.39 is 17.5 Å². The molecule has 1 N–H and O–H groups in total. The molecule has 1 amide bonds. The molecule has 0 aromatic heterocycles. The largest absolute Gasteiger partial charge is 0.319 e. The number of anilines is 1. The Kier molecular flexibility index (Phi) is 4.51. The van der Waals surface area contributed by atoms with Crippen LogP contribution in [0.4, 0.5) is 14.5 Å². The van der Waals surface area contributed by atoms with Crippen LogP contribution in [-0.2, 0) is 0 Å². The van der Waals surface area contributed by atoms with E-state index in [1.807, 2.05) is 0 Å². The Morgan fingerprint density at radius 2 is 1.74 bits per heavy atom. The minimum Gasteiger partial charge on any atom is -0.319 e. The van der Waals surface area contributed by atoms with Crippen molar-refractivity contribution in [2.24, 2.45) is 0 Å². The predicted octanol–water partition coefficient (Wildman–Crippen LogP) is 4.58. The van der Waals surface area contributed by atoms with E-state index in [1.54, 1.807) is 24.3 Å². The van der Waals surface area contributed by atoms with Crippen LogP contribution in [0.2, 0.25) is 0 Å². The van der Waals surface area contributed by atoms with Crippen LogP contribution in [0, 0.1) is 15.2 Å². The lowest BCUT2D eigenvalue weighted by atomic mass is 10.2. The summed E-state index contributed by atoms with van der Waals surface area (Å²) < 4.78 is 27.6. The van der Waals surface area contributed by atoms with Crippen molar-refractivity contribution < 1.29 is 13.6 Å². The molecular formula is C13H7BrF2INO. The second kappa shape index (κ2) is 5.96. The molecule has 6 heteroatoms. The Morgan fingerprint density at radius 1 is 1.11 bits per heavy atom. The van der Waals surface area contributed by atoms with E-state index in [1.165, 1.54) is 6.07 Å². The number of benzene rings is 2. The van der Waals surface area contributed by atoms with Crippen LogP contribution < -0.4 is 5.32 Å². The fourth-order valence-corrected chi connectivity index (χ4v) is 2.12. The van der Waals surface area contributed by atoms with Gasteiger partial charge in [0.1, 0.15) is 11.6 Å². The molecule has 0 unspecified atom stereocenters. The molecule has 0 saturated carbocycles. The van der Waals surface area contributed by atoms with Crippen LogP contribution in [0.3, 0.4) is 0 Å². The lowest BCUT2D eigenvalue weighted by molar-refractivity contribution is 0.102. The molecule has 0 aliphatic rings. The van der Waals surface area contributed by atoms with Crippen molar-refractivity contribution in [2.45, 2.75) is 0 Å². The minimum atomic E-state index is -0.820. The molecule has 0 radical (unpaired) electrons. The highest BCUT2D eigenvalue weighted by molar-refractivity contribution is 14.1. The first kappa shape index (κ1) is 14.4. The summed E-state index contributed by atoms with van der Waals surface area (Å²) in [4.78, 5) is 11.9. The standard InChI is InChI=1S/C13H7BrF2INO/c14-9-5-12(11(16)6-10(9)15)18-13(19)7-1-3-8(17)4-2-7/h1-6H,(H,18,19). The number of hydrogen-bond acceptors (Lipinski definition) is 1. The zero-order valence-corrected chi connectivity index (χ0v) is 13.1. The van der Waals surface area contributed by atoms with Gasteiger partial charge in [-0.15, -0.1) is 0 Å². The first-order valence-corrected chi connectivity index (χ1v) is 7.06. The van der Waals surface area contributed by atoms with Gasteiger partial charge in [0.05, 0.1) is 10.2 Å². The molecule has 19 heavy (non-hydrogen) atoms. The lowest BCUT2D eigenvalue weighted by Gasteiger charge is -2.07. The second-order valence-electron chi connectivity index (χ2n) is 3.71. The van der Waals surface area contributed by atoms with Crippen molar-refractivity contribution in [3.63, 3.8) is 0 Å². The van der Waals surface area contributed by atoms with Gasteiger partial charge in [-0.05, 0) is 68.9 Å². The van der Waals surface area contributed by atoms with E-state index in [0.29, 0.717) is 11.6 Å². The number of carbonyl (C=O) groups excluding carboxylic acids is 1. The molecule has 0 fully saturated rings. The van der Waals surface area contributed by atoms with E-state index >= 15 is 0 Å². The molecule has 2 rings (SSSR count). The van der Waals surface area contributed by atoms with Gasteiger partial charge < -0.3 is 5.32 Å². The lowest BCUT2D eigenvalue weighted by Crippen LogP contribution is -2.13. The summed E-state index contributed by atoms with van der Waals surface area (Å²) in [5.74, 6) is -1.99. The Hall–Kier alpha value is -1.02. The highest BCUT2D eigenvalue weighted by atomic mass is 127. The number of halogens is 4. The number of carbonyl (C=O) groups is 1. The molecule has 2 aromatic carbocycles. The number of hydrogen-bond donors (Lipinski definition) is 1. The first-order valence-electron chi connectivity index (χ1n) is 5.19. The maximum Gasteiger partial charge on any atom is 0.255 e. The molecule has 2 nitrogen and oxygen atoms in total. The van der Waals surface area contributed by atoms with Gasteiger partial charge in [0, 0.05) is 15.2 Å². The van der Waals surface area contributed by atoms with Gasteiger partial charge in [0.2, 0.25) is 0 Å². The van der Waals surface area contributed by atoms with E-state index in [-0.39, 0.29) is 10.2 Å². The van der Waals surface area contributed by atoms with Gasteiger partial charge in [-0.25, -0.2) is 8.78 Å². The summed E-state index contributed by atoms with van der Waals surface area (Å²) in [7, 11) is 0. The van der Waals surface area contributed by atoms with Gasteiger partial charge in [-0.1, -0.05) is 0 Å². The van der Waals surface area contributed by atoms with Crippen LogP contribution >= 0.6 is 38.5 Å². The Bertz CT molecular complexity index is 631. The Balaban J connectivity index is 2.24. The minimum absolute atomic E-state index is 0.0724. The first-order chi connectivity index (χ1) is 8.97. The number of nitrogens with one attached hydrogen (secondary N) is 1. The molecule has 98 valence electrons. The normalized spacial score (nSPS) is 10.3. The van der Waals surface area contributed by atoms with Crippen molar-refractivity contribution in [3.8, 4) is 0 Å². The van der Waals surface area contributed by atoms with E-state index in [4.69, 9.17) is 0 Å². The van der Waals surface area contributed by atoms with Crippen molar-refractivity contribution in [1.82, 2.24) is 0 Å². The topological polar surface area (TPSA) is 29.1 Å². The Labute approximate surface area is 130 Å². The molecule has 0 saturated heterocycles. The summed E-state index contributed by atoms with van der Waals surface area (Å²) in [6, 6.07) is 8.71. The maximum atomic E-state index is 13.5. The van der Waals surface area contributed by atoms with Crippen molar-refractivity contribution in [2.75, 3.05) is 5.32 Å². The fraction of sp³-hybridized carbons (Fsp3) is 0. The van der Waals surface area contributed by atoms with Gasteiger partial charge in [0.25, 0.3) is 5.91 Å². The fourth-order valence-electron chi connectivity index (χ4n) is 1.41. The van der Waals surface area contributed by atoms with E-state index in [2.05, 4.69) is 43.8 Å². The van der Waals surface area contributed by atoms with E-state index in [9.17, 15) is 13.6 Å². The molecule has 0 aliphatic heterocycles. The quantitative estimate of drug-likeness (QED) is 0.540. The number of amides is 1.